The van der Waals surface area contributed by atoms with Crippen molar-refractivity contribution in [2.45, 2.75) is 19.8 Å². The SMILES string of the molecule is CCCCNC(=O)CN1CCN(C(=O)c2ccc([N+](=O)[O-])cc2Cl)CC1. The Morgan fingerprint density at radius 1 is 1.27 bits per heavy atom. The van der Waals surface area contributed by atoms with E-state index in [4.69, 9.17) is 11.6 Å². The summed E-state index contributed by atoms with van der Waals surface area (Å²) in [6.07, 6.45) is 2.00. The summed E-state index contributed by atoms with van der Waals surface area (Å²) in [6, 6.07) is 3.85. The number of carbonyl (C=O) groups is 2. The summed E-state index contributed by atoms with van der Waals surface area (Å²) in [6.45, 7) is 5.23. The van der Waals surface area contributed by atoms with Gasteiger partial charge in [-0.05, 0) is 12.5 Å². The molecule has 0 radical (unpaired) electrons. The molecule has 1 N–H and O–H groups in total. The second-order valence-electron chi connectivity index (χ2n) is 6.19. The zero-order valence-electron chi connectivity index (χ0n) is 14.7. The number of hydrogen-bond acceptors (Lipinski definition) is 5. The van der Waals surface area contributed by atoms with Gasteiger partial charge in [-0.3, -0.25) is 24.6 Å². The average molecular weight is 383 g/mol. The van der Waals surface area contributed by atoms with Crippen molar-refractivity contribution in [3.05, 3.63) is 38.9 Å². The van der Waals surface area contributed by atoms with Crippen molar-refractivity contribution in [3.63, 3.8) is 0 Å². The van der Waals surface area contributed by atoms with Gasteiger partial charge in [0.25, 0.3) is 11.6 Å². The molecule has 1 fully saturated rings. The Hall–Kier alpha value is -2.19. The highest BCUT2D eigenvalue weighted by Crippen LogP contribution is 2.24. The van der Waals surface area contributed by atoms with E-state index in [1.165, 1.54) is 18.2 Å². The molecular weight excluding hydrogens is 360 g/mol. The summed E-state index contributed by atoms with van der Waals surface area (Å²) in [7, 11) is 0. The number of nitro benzene ring substituents is 1. The van der Waals surface area contributed by atoms with Gasteiger partial charge in [-0.25, -0.2) is 0 Å². The van der Waals surface area contributed by atoms with E-state index in [9.17, 15) is 19.7 Å². The largest absolute Gasteiger partial charge is 0.355 e. The summed E-state index contributed by atoms with van der Waals surface area (Å²) >= 11 is 6.03. The van der Waals surface area contributed by atoms with Crippen molar-refractivity contribution in [2.24, 2.45) is 0 Å². The minimum Gasteiger partial charge on any atom is -0.355 e. The molecule has 142 valence electrons. The van der Waals surface area contributed by atoms with Gasteiger partial charge < -0.3 is 10.2 Å². The van der Waals surface area contributed by atoms with Crippen molar-refractivity contribution in [2.75, 3.05) is 39.3 Å². The monoisotopic (exact) mass is 382 g/mol. The number of piperazine rings is 1. The Morgan fingerprint density at radius 3 is 2.54 bits per heavy atom. The van der Waals surface area contributed by atoms with Crippen LogP contribution in [0.5, 0.6) is 0 Å². The zero-order valence-corrected chi connectivity index (χ0v) is 15.5. The standard InChI is InChI=1S/C17H23ClN4O4/c1-2-3-6-19-16(23)12-20-7-9-21(10-8-20)17(24)14-5-4-13(22(25)26)11-15(14)18/h4-5,11H,2-3,6-10,12H2,1H3,(H,19,23). The average Bonchev–Trinajstić information content (AvgIpc) is 2.62. The van der Waals surface area contributed by atoms with Gasteiger partial charge in [-0.15, -0.1) is 0 Å². The Balaban J connectivity index is 1.86. The number of nitro groups is 1. The van der Waals surface area contributed by atoms with Crippen molar-refractivity contribution in [1.29, 1.82) is 0 Å². The molecule has 0 unspecified atom stereocenters. The first-order valence-corrected chi connectivity index (χ1v) is 9.02. The predicted octanol–water partition coefficient (Wildman–Crippen LogP) is 1.92. The summed E-state index contributed by atoms with van der Waals surface area (Å²) in [5.41, 5.74) is 0.105. The predicted molar refractivity (Wildman–Crippen MR) is 98.4 cm³/mol. The van der Waals surface area contributed by atoms with Gasteiger partial charge in [0.05, 0.1) is 22.1 Å². The fourth-order valence-corrected chi connectivity index (χ4v) is 2.99. The Bertz CT molecular complexity index is 675. The fourth-order valence-electron chi connectivity index (χ4n) is 2.73. The van der Waals surface area contributed by atoms with Crippen LogP contribution in [0.3, 0.4) is 0 Å². The first-order valence-electron chi connectivity index (χ1n) is 8.64. The molecule has 2 amide bonds. The number of nitrogens with zero attached hydrogens (tertiary/aromatic N) is 3. The second-order valence-corrected chi connectivity index (χ2v) is 6.60. The van der Waals surface area contributed by atoms with Gasteiger partial charge >= 0.3 is 0 Å². The first-order chi connectivity index (χ1) is 12.4. The van der Waals surface area contributed by atoms with Gasteiger partial charge in [0, 0.05) is 44.9 Å². The first kappa shape index (κ1) is 20.1. The molecule has 26 heavy (non-hydrogen) atoms. The molecule has 1 aliphatic rings. The van der Waals surface area contributed by atoms with Crippen LogP contribution in [0.2, 0.25) is 5.02 Å². The van der Waals surface area contributed by atoms with Crippen molar-refractivity contribution >= 4 is 29.1 Å². The third kappa shape index (κ3) is 5.40. The minimum atomic E-state index is -0.551. The van der Waals surface area contributed by atoms with Crippen LogP contribution in [-0.2, 0) is 4.79 Å². The lowest BCUT2D eigenvalue weighted by Crippen LogP contribution is -2.51. The molecular formula is C17H23ClN4O4. The van der Waals surface area contributed by atoms with E-state index in [0.717, 1.165) is 12.8 Å². The Kier molecular flexibility index (Phi) is 7.35. The quantitative estimate of drug-likeness (QED) is 0.441. The minimum absolute atomic E-state index is 0.00311. The molecule has 0 atom stereocenters. The van der Waals surface area contributed by atoms with Crippen molar-refractivity contribution in [1.82, 2.24) is 15.1 Å². The lowest BCUT2D eigenvalue weighted by atomic mass is 10.1. The summed E-state index contributed by atoms with van der Waals surface area (Å²) in [4.78, 5) is 38.3. The smallest absolute Gasteiger partial charge is 0.270 e. The summed E-state index contributed by atoms with van der Waals surface area (Å²) < 4.78 is 0. The molecule has 1 heterocycles. The maximum atomic E-state index is 12.6. The highest BCUT2D eigenvalue weighted by molar-refractivity contribution is 6.34. The number of rotatable bonds is 7. The van der Waals surface area contributed by atoms with E-state index < -0.39 is 4.92 Å². The van der Waals surface area contributed by atoms with Crippen LogP contribution in [0, 0.1) is 10.1 Å². The third-order valence-corrected chi connectivity index (χ3v) is 4.59. The molecule has 1 aromatic rings. The Morgan fingerprint density at radius 2 is 1.96 bits per heavy atom. The molecule has 1 saturated heterocycles. The van der Waals surface area contributed by atoms with Gasteiger partial charge in [0.2, 0.25) is 5.91 Å². The molecule has 0 bridgehead atoms. The van der Waals surface area contributed by atoms with E-state index in [0.29, 0.717) is 39.3 Å². The molecule has 9 heteroatoms. The third-order valence-electron chi connectivity index (χ3n) is 4.27. The number of benzene rings is 1. The van der Waals surface area contributed by atoms with Crippen LogP contribution < -0.4 is 5.32 Å². The lowest BCUT2D eigenvalue weighted by Gasteiger charge is -2.34. The Labute approximate surface area is 157 Å². The molecule has 0 aromatic heterocycles. The number of amides is 2. The lowest BCUT2D eigenvalue weighted by molar-refractivity contribution is -0.384. The maximum absolute atomic E-state index is 12.6. The molecule has 0 aliphatic carbocycles. The number of carbonyl (C=O) groups excluding carboxylic acids is 2. The summed E-state index contributed by atoms with van der Waals surface area (Å²) in [5, 5.41) is 13.7. The van der Waals surface area contributed by atoms with Gasteiger partial charge in [0.1, 0.15) is 0 Å². The molecule has 0 saturated carbocycles. The van der Waals surface area contributed by atoms with Crippen molar-refractivity contribution in [3.8, 4) is 0 Å². The highest BCUT2D eigenvalue weighted by Gasteiger charge is 2.25. The van der Waals surface area contributed by atoms with E-state index in [2.05, 4.69) is 12.2 Å². The van der Waals surface area contributed by atoms with E-state index in [1.807, 2.05) is 4.90 Å². The molecule has 2 rings (SSSR count). The van der Waals surface area contributed by atoms with Crippen molar-refractivity contribution < 1.29 is 14.5 Å². The number of unbranched alkanes of at least 4 members (excludes halogenated alkanes) is 1. The van der Waals surface area contributed by atoms with Crippen LogP contribution in [0.4, 0.5) is 5.69 Å². The molecule has 0 spiro atoms. The van der Waals surface area contributed by atoms with Crippen LogP contribution >= 0.6 is 11.6 Å². The van der Waals surface area contributed by atoms with E-state index in [-0.39, 0.29) is 28.1 Å². The van der Waals surface area contributed by atoms with Crippen LogP contribution in [-0.4, -0.2) is 65.8 Å². The maximum Gasteiger partial charge on any atom is 0.270 e. The van der Waals surface area contributed by atoms with E-state index >= 15 is 0 Å². The number of nitrogens with one attached hydrogen (secondary N) is 1. The highest BCUT2D eigenvalue weighted by atomic mass is 35.5. The number of non-ortho nitro benzene ring substituents is 1. The topological polar surface area (TPSA) is 95.8 Å². The van der Waals surface area contributed by atoms with Crippen LogP contribution in [0.25, 0.3) is 0 Å². The zero-order chi connectivity index (χ0) is 19.1. The molecule has 1 aromatic carbocycles. The van der Waals surface area contributed by atoms with Crippen LogP contribution in [0.15, 0.2) is 18.2 Å². The number of halogens is 1. The molecule has 1 aliphatic heterocycles. The van der Waals surface area contributed by atoms with Gasteiger partial charge in [0.15, 0.2) is 0 Å². The normalized spacial score (nSPS) is 14.9. The summed E-state index contributed by atoms with van der Waals surface area (Å²) in [5.74, 6) is -0.256. The van der Waals surface area contributed by atoms with Gasteiger partial charge in [-0.1, -0.05) is 24.9 Å². The second kappa shape index (κ2) is 9.49. The fraction of sp³-hybridized carbons (Fsp3) is 0.529. The molecule has 8 nitrogen and oxygen atoms in total. The number of hydrogen-bond donors (Lipinski definition) is 1. The van der Waals surface area contributed by atoms with Crippen LogP contribution in [0.1, 0.15) is 30.1 Å². The van der Waals surface area contributed by atoms with Gasteiger partial charge in [-0.2, -0.15) is 0 Å². The van der Waals surface area contributed by atoms with E-state index in [1.54, 1.807) is 4.90 Å².